The molecule has 0 unspecified atom stereocenters. The first-order valence-corrected chi connectivity index (χ1v) is 12.3. The number of amidine groups is 1. The van der Waals surface area contributed by atoms with Crippen LogP contribution in [-0.4, -0.2) is 42.3 Å². The van der Waals surface area contributed by atoms with Gasteiger partial charge in [-0.15, -0.1) is 0 Å². The van der Waals surface area contributed by atoms with Crippen molar-refractivity contribution in [2.75, 3.05) is 31.2 Å². The highest BCUT2D eigenvalue weighted by atomic mass is 32.2. The Morgan fingerprint density at radius 1 is 0.969 bits per heavy atom. The van der Waals surface area contributed by atoms with Crippen molar-refractivity contribution in [3.8, 4) is 11.5 Å². The van der Waals surface area contributed by atoms with Crippen LogP contribution < -0.4 is 14.4 Å². The minimum atomic E-state index is -0.0193. The second-order valence-corrected chi connectivity index (χ2v) is 9.30. The number of nitrogens with zero attached hydrogens (tertiary/aromatic N) is 3. The van der Waals surface area contributed by atoms with Gasteiger partial charge in [0, 0.05) is 24.1 Å². The van der Waals surface area contributed by atoms with Gasteiger partial charge in [-0.1, -0.05) is 23.9 Å². The lowest BCUT2D eigenvalue weighted by molar-refractivity contribution is -0.122. The molecular weight excluding hydrogens is 442 g/mol. The summed E-state index contributed by atoms with van der Waals surface area (Å²) in [5.74, 6) is 1.40. The number of anilines is 1. The molecule has 0 N–H and O–H groups in total. The van der Waals surface area contributed by atoms with Crippen LogP contribution in [0.3, 0.4) is 0 Å². The van der Waals surface area contributed by atoms with Crippen molar-refractivity contribution in [3.63, 3.8) is 0 Å². The third kappa shape index (κ3) is 3.89. The maximum Gasteiger partial charge on any atom is 0.266 e. The van der Waals surface area contributed by atoms with Gasteiger partial charge in [0.05, 0.1) is 21.3 Å². The van der Waals surface area contributed by atoms with Gasteiger partial charge in [0.2, 0.25) is 0 Å². The molecule has 2 aromatic carbocycles. The van der Waals surface area contributed by atoms with E-state index in [1.807, 2.05) is 37.3 Å². The quantitative estimate of drug-likeness (QED) is 0.564. The van der Waals surface area contributed by atoms with E-state index in [1.54, 1.807) is 16.7 Å². The Hall–Kier alpha value is -2.84. The van der Waals surface area contributed by atoms with Gasteiger partial charge in [-0.25, -0.2) is 4.99 Å². The number of thioether (sulfide) groups is 2. The zero-order valence-electron chi connectivity index (χ0n) is 17.9. The zero-order valence-corrected chi connectivity index (χ0v) is 19.5. The number of carbonyl (C=O) groups is 1. The Morgan fingerprint density at radius 2 is 1.75 bits per heavy atom. The average Bonchev–Trinajstić information content (AvgIpc) is 3.33. The SMILES string of the molecule is CCN1C(=O)/C(=C/C=C2/Sc3ccccc3N2CC)SC1=Nc1ccc2c(c1)OCCO2. The lowest BCUT2D eigenvalue weighted by Crippen LogP contribution is -2.28. The number of ether oxygens (including phenoxy) is 2. The summed E-state index contributed by atoms with van der Waals surface area (Å²) in [6.07, 6.45) is 3.95. The van der Waals surface area contributed by atoms with Crippen LogP contribution in [0.1, 0.15) is 13.8 Å². The molecule has 3 aliphatic rings. The number of para-hydroxylation sites is 1. The number of rotatable bonds is 4. The predicted molar refractivity (Wildman–Crippen MR) is 131 cm³/mol. The van der Waals surface area contributed by atoms with Crippen LogP contribution in [0.25, 0.3) is 0 Å². The molecule has 6 nitrogen and oxygen atoms in total. The smallest absolute Gasteiger partial charge is 0.266 e. The summed E-state index contributed by atoms with van der Waals surface area (Å²) in [6, 6.07) is 14.0. The molecule has 0 saturated carbocycles. The van der Waals surface area contributed by atoms with E-state index in [9.17, 15) is 4.79 Å². The molecule has 32 heavy (non-hydrogen) atoms. The van der Waals surface area contributed by atoms with Gasteiger partial charge >= 0.3 is 0 Å². The summed E-state index contributed by atoms with van der Waals surface area (Å²) in [5, 5.41) is 1.79. The molecule has 0 spiro atoms. The molecule has 0 radical (unpaired) electrons. The number of amides is 1. The van der Waals surface area contributed by atoms with E-state index >= 15 is 0 Å². The second-order valence-electron chi connectivity index (χ2n) is 7.22. The molecule has 3 aliphatic heterocycles. The molecule has 1 fully saturated rings. The van der Waals surface area contributed by atoms with E-state index in [-0.39, 0.29) is 5.91 Å². The summed E-state index contributed by atoms with van der Waals surface area (Å²) >= 11 is 3.13. The van der Waals surface area contributed by atoms with E-state index in [1.165, 1.54) is 22.3 Å². The van der Waals surface area contributed by atoms with Crippen molar-refractivity contribution in [1.29, 1.82) is 0 Å². The van der Waals surface area contributed by atoms with Gasteiger partial charge in [0.25, 0.3) is 5.91 Å². The number of aliphatic imine (C=N–C) groups is 1. The lowest BCUT2D eigenvalue weighted by atomic mass is 10.2. The van der Waals surface area contributed by atoms with Crippen LogP contribution in [0.5, 0.6) is 11.5 Å². The fourth-order valence-corrected chi connectivity index (χ4v) is 5.88. The maximum absolute atomic E-state index is 13.0. The first-order valence-electron chi connectivity index (χ1n) is 10.6. The summed E-state index contributed by atoms with van der Waals surface area (Å²) in [4.78, 5) is 23.6. The molecule has 164 valence electrons. The lowest BCUT2D eigenvalue weighted by Gasteiger charge is -2.18. The van der Waals surface area contributed by atoms with E-state index < -0.39 is 0 Å². The maximum atomic E-state index is 13.0. The van der Waals surface area contributed by atoms with Crippen LogP contribution in [0.4, 0.5) is 11.4 Å². The van der Waals surface area contributed by atoms with Crippen LogP contribution in [-0.2, 0) is 4.79 Å². The molecule has 0 aromatic heterocycles. The standard InChI is InChI=1S/C24H23N3O3S2/c1-3-26-17-7-5-6-8-20(17)31-22(26)12-11-21-23(28)27(4-2)24(32-21)25-16-9-10-18-19(15-16)30-14-13-29-18/h5-12,15H,3-4,13-14H2,1-2H3/b21-11-,22-12+,25-24?. The molecule has 1 saturated heterocycles. The Morgan fingerprint density at radius 3 is 2.56 bits per heavy atom. The molecule has 2 aromatic rings. The largest absolute Gasteiger partial charge is 0.486 e. The number of allylic oxidation sites excluding steroid dienone is 2. The molecule has 0 atom stereocenters. The summed E-state index contributed by atoms with van der Waals surface area (Å²) in [7, 11) is 0. The topological polar surface area (TPSA) is 54.4 Å². The van der Waals surface area contributed by atoms with Gasteiger partial charge in [0.1, 0.15) is 13.2 Å². The van der Waals surface area contributed by atoms with Crippen LogP contribution in [0.15, 0.2) is 74.4 Å². The average molecular weight is 466 g/mol. The fraction of sp³-hybridized carbons (Fsp3) is 0.250. The molecule has 8 heteroatoms. The number of hydrogen-bond acceptors (Lipinski definition) is 7. The molecule has 0 aliphatic carbocycles. The normalized spacial score (nSPS) is 21.2. The minimum Gasteiger partial charge on any atom is -0.486 e. The number of fused-ring (bicyclic) bond motifs is 2. The van der Waals surface area contributed by atoms with Crippen molar-refractivity contribution in [2.45, 2.75) is 18.7 Å². The highest BCUT2D eigenvalue weighted by Crippen LogP contribution is 2.46. The summed E-state index contributed by atoms with van der Waals surface area (Å²) < 4.78 is 11.2. The second kappa shape index (κ2) is 8.96. The number of likely N-dealkylation sites (N-methyl/N-ethyl adjacent to an activating group) is 1. The van der Waals surface area contributed by atoms with E-state index in [4.69, 9.17) is 14.5 Å². The summed E-state index contributed by atoms with van der Waals surface area (Å²) in [5.41, 5.74) is 1.95. The Labute approximate surface area is 196 Å². The van der Waals surface area contributed by atoms with Crippen LogP contribution in [0.2, 0.25) is 0 Å². The van der Waals surface area contributed by atoms with Crippen molar-refractivity contribution in [1.82, 2.24) is 4.90 Å². The van der Waals surface area contributed by atoms with Crippen molar-refractivity contribution < 1.29 is 14.3 Å². The van der Waals surface area contributed by atoms with Gasteiger partial charge in [-0.3, -0.25) is 9.69 Å². The number of hydrogen-bond donors (Lipinski definition) is 0. The van der Waals surface area contributed by atoms with E-state index in [0.717, 1.165) is 23.0 Å². The fourth-order valence-electron chi connectivity index (χ4n) is 3.75. The van der Waals surface area contributed by atoms with Crippen molar-refractivity contribution >= 4 is 46.0 Å². The molecule has 1 amide bonds. The molecule has 0 bridgehead atoms. The zero-order chi connectivity index (χ0) is 22.1. The molecule has 3 heterocycles. The van der Waals surface area contributed by atoms with Gasteiger partial charge < -0.3 is 14.4 Å². The monoisotopic (exact) mass is 465 g/mol. The van der Waals surface area contributed by atoms with Crippen molar-refractivity contribution in [2.24, 2.45) is 4.99 Å². The third-order valence-corrected chi connectivity index (χ3v) is 7.44. The minimum absolute atomic E-state index is 0.0193. The molecular formula is C24H23N3O3S2. The first kappa shape index (κ1) is 21.0. The Bertz CT molecular complexity index is 1160. The summed E-state index contributed by atoms with van der Waals surface area (Å²) in [6.45, 7) is 6.61. The van der Waals surface area contributed by atoms with E-state index in [0.29, 0.717) is 35.6 Å². The predicted octanol–water partition coefficient (Wildman–Crippen LogP) is 5.40. The Kier molecular flexibility index (Phi) is 5.89. The number of carbonyl (C=O) groups excluding carboxylic acids is 1. The van der Waals surface area contributed by atoms with Crippen LogP contribution in [0, 0.1) is 0 Å². The highest BCUT2D eigenvalue weighted by molar-refractivity contribution is 8.18. The van der Waals surface area contributed by atoms with Gasteiger partial charge in [0.15, 0.2) is 16.7 Å². The van der Waals surface area contributed by atoms with Crippen LogP contribution >= 0.6 is 23.5 Å². The third-order valence-electron chi connectivity index (χ3n) is 5.28. The van der Waals surface area contributed by atoms with Gasteiger partial charge in [-0.2, -0.15) is 0 Å². The first-order chi connectivity index (χ1) is 15.7. The van der Waals surface area contributed by atoms with E-state index in [2.05, 4.69) is 36.1 Å². The number of benzene rings is 2. The Balaban J connectivity index is 1.41. The molecule has 5 rings (SSSR count). The highest BCUT2D eigenvalue weighted by Gasteiger charge is 2.32. The van der Waals surface area contributed by atoms with Gasteiger partial charge in [-0.05, 0) is 62.0 Å². The van der Waals surface area contributed by atoms with Crippen molar-refractivity contribution in [3.05, 3.63) is 64.6 Å².